The third-order valence-electron chi connectivity index (χ3n) is 5.84. The Kier molecular flexibility index (Phi) is 11.6. The highest BCUT2D eigenvalue weighted by Gasteiger charge is 2.42. The van der Waals surface area contributed by atoms with Crippen LogP contribution in [0.3, 0.4) is 0 Å². The van der Waals surface area contributed by atoms with Gasteiger partial charge < -0.3 is 30.7 Å². The number of amides is 4. The molecule has 0 unspecified atom stereocenters. The lowest BCUT2D eigenvalue weighted by Gasteiger charge is -2.16. The Bertz CT molecular complexity index is 926. The van der Waals surface area contributed by atoms with E-state index in [1.165, 1.54) is 0 Å². The first-order valence-electron chi connectivity index (χ1n) is 12.1. The van der Waals surface area contributed by atoms with E-state index in [1.807, 2.05) is 11.8 Å². The van der Waals surface area contributed by atoms with E-state index in [1.54, 1.807) is 24.3 Å². The van der Waals surface area contributed by atoms with Crippen molar-refractivity contribution in [1.82, 2.24) is 21.3 Å². The standard InChI is InChI=1S/C23H33N7O5S/c24-30-29-17-7-5-16(6-8-17)22(32)26-10-12-35-14-13-34-11-9-25-20(31)4-2-1-3-19-21-18(15-36-19)27-23(33)28-21/h5-8,18-19,21H,1-4,9-15H2,(H,25,31)(H,26,32)(H2,27,28,33)/t18-,19-,21-/m0/s1. The molecular formula is C23H33N7O5S. The fourth-order valence-electron chi connectivity index (χ4n) is 4.02. The van der Waals surface area contributed by atoms with E-state index in [4.69, 9.17) is 15.0 Å². The minimum atomic E-state index is -0.233. The number of ether oxygens (including phenoxy) is 2. The van der Waals surface area contributed by atoms with Crippen LogP contribution in [0.15, 0.2) is 29.4 Å². The van der Waals surface area contributed by atoms with E-state index in [9.17, 15) is 14.4 Å². The van der Waals surface area contributed by atoms with Crippen LogP contribution in [0.5, 0.6) is 0 Å². The number of thioether (sulfide) groups is 1. The summed E-state index contributed by atoms with van der Waals surface area (Å²) in [6, 6.07) is 6.72. The molecule has 1 aromatic rings. The number of carbonyl (C=O) groups is 3. The molecule has 4 amide bonds. The van der Waals surface area contributed by atoms with Crippen LogP contribution in [-0.2, 0) is 14.3 Å². The van der Waals surface area contributed by atoms with E-state index in [0.29, 0.717) is 62.4 Å². The van der Waals surface area contributed by atoms with Crippen LogP contribution in [0.4, 0.5) is 10.5 Å². The van der Waals surface area contributed by atoms with Gasteiger partial charge in [-0.2, -0.15) is 11.8 Å². The van der Waals surface area contributed by atoms with Gasteiger partial charge in [0.2, 0.25) is 5.91 Å². The number of rotatable bonds is 16. The summed E-state index contributed by atoms with van der Waals surface area (Å²) >= 11 is 1.89. The first-order valence-corrected chi connectivity index (χ1v) is 13.2. The summed E-state index contributed by atoms with van der Waals surface area (Å²) in [5, 5.41) is 15.4. The van der Waals surface area contributed by atoms with Crippen LogP contribution in [-0.4, -0.2) is 80.4 Å². The van der Waals surface area contributed by atoms with Gasteiger partial charge in [0.1, 0.15) is 0 Å². The van der Waals surface area contributed by atoms with Crippen LogP contribution >= 0.6 is 11.8 Å². The molecule has 0 aromatic heterocycles. The number of urea groups is 1. The molecule has 2 aliphatic rings. The van der Waals surface area contributed by atoms with E-state index >= 15 is 0 Å². The van der Waals surface area contributed by atoms with Crippen LogP contribution in [0, 0.1) is 0 Å². The number of unbranched alkanes of at least 4 members (excludes halogenated alkanes) is 1. The Balaban J connectivity index is 1.09. The molecule has 4 N–H and O–H groups in total. The molecule has 3 atom stereocenters. The molecule has 1 aromatic carbocycles. The highest BCUT2D eigenvalue weighted by molar-refractivity contribution is 8.00. The van der Waals surface area contributed by atoms with Gasteiger partial charge in [0, 0.05) is 46.7 Å². The maximum atomic E-state index is 12.0. The Morgan fingerprint density at radius 3 is 2.50 bits per heavy atom. The van der Waals surface area contributed by atoms with Crippen molar-refractivity contribution in [3.63, 3.8) is 0 Å². The molecule has 2 fully saturated rings. The fourth-order valence-corrected chi connectivity index (χ4v) is 5.56. The Hall–Kier alpha value is -2.99. The number of hydrogen-bond acceptors (Lipinski definition) is 7. The number of hydrogen-bond donors (Lipinski definition) is 4. The number of azide groups is 1. The SMILES string of the molecule is [N-]=[N+]=Nc1ccc(C(=O)NCCOCCOCCNC(=O)CCCC[C@@H]2SC[C@@H]3NC(=O)N[C@@H]32)cc1. The van der Waals surface area contributed by atoms with Gasteiger partial charge in [-0.15, -0.1) is 0 Å². The van der Waals surface area contributed by atoms with Crippen molar-refractivity contribution >= 4 is 35.3 Å². The number of nitrogens with zero attached hydrogens (tertiary/aromatic N) is 3. The molecule has 36 heavy (non-hydrogen) atoms. The van der Waals surface area contributed by atoms with Crippen molar-refractivity contribution in [2.24, 2.45) is 5.11 Å². The van der Waals surface area contributed by atoms with Gasteiger partial charge >= 0.3 is 6.03 Å². The maximum Gasteiger partial charge on any atom is 0.315 e. The molecule has 0 bridgehead atoms. The molecule has 0 saturated carbocycles. The summed E-state index contributed by atoms with van der Waals surface area (Å²) in [6.45, 7) is 2.36. The van der Waals surface area contributed by atoms with Gasteiger partial charge in [-0.1, -0.05) is 23.7 Å². The smallest absolute Gasteiger partial charge is 0.315 e. The summed E-state index contributed by atoms with van der Waals surface area (Å²) in [6.07, 6.45) is 3.28. The summed E-state index contributed by atoms with van der Waals surface area (Å²) in [4.78, 5) is 38.1. The Morgan fingerprint density at radius 2 is 1.78 bits per heavy atom. The zero-order chi connectivity index (χ0) is 25.6. The summed E-state index contributed by atoms with van der Waals surface area (Å²) in [7, 11) is 0. The van der Waals surface area contributed by atoms with Crippen LogP contribution < -0.4 is 21.3 Å². The third-order valence-corrected chi connectivity index (χ3v) is 7.35. The zero-order valence-corrected chi connectivity index (χ0v) is 20.9. The molecule has 0 aliphatic carbocycles. The third kappa shape index (κ3) is 9.23. The summed E-state index contributed by atoms with van der Waals surface area (Å²) < 4.78 is 10.9. The summed E-state index contributed by atoms with van der Waals surface area (Å²) in [5.74, 6) is 0.738. The van der Waals surface area contributed by atoms with Crippen molar-refractivity contribution in [3.05, 3.63) is 40.3 Å². The molecule has 2 saturated heterocycles. The average molecular weight is 520 g/mol. The predicted octanol–water partition coefficient (Wildman–Crippen LogP) is 2.23. The first kappa shape index (κ1) is 27.6. The lowest BCUT2D eigenvalue weighted by molar-refractivity contribution is -0.121. The first-order chi connectivity index (χ1) is 17.6. The van der Waals surface area contributed by atoms with Gasteiger partial charge in [0.15, 0.2) is 0 Å². The number of carbonyl (C=O) groups excluding carboxylic acids is 3. The molecule has 2 heterocycles. The van der Waals surface area contributed by atoms with Crippen molar-refractivity contribution in [3.8, 4) is 0 Å². The molecule has 3 rings (SSSR count). The monoisotopic (exact) mass is 519 g/mol. The molecule has 13 heteroatoms. The van der Waals surface area contributed by atoms with Crippen molar-refractivity contribution in [1.29, 1.82) is 0 Å². The molecule has 0 radical (unpaired) electrons. The molecule has 0 spiro atoms. The second-order valence-electron chi connectivity index (χ2n) is 8.43. The Labute approximate surface area is 214 Å². The maximum absolute atomic E-state index is 12.0. The lowest BCUT2D eigenvalue weighted by atomic mass is 10.0. The van der Waals surface area contributed by atoms with Gasteiger partial charge in [0.25, 0.3) is 5.91 Å². The van der Waals surface area contributed by atoms with E-state index in [0.717, 1.165) is 25.0 Å². The number of fused-ring (bicyclic) bond motifs is 1. The van der Waals surface area contributed by atoms with E-state index < -0.39 is 0 Å². The minimum Gasteiger partial charge on any atom is -0.377 e. The fraction of sp³-hybridized carbons (Fsp3) is 0.609. The van der Waals surface area contributed by atoms with Gasteiger partial charge in [0.05, 0.1) is 38.5 Å². The number of nitrogens with one attached hydrogen (secondary N) is 4. The predicted molar refractivity (Wildman–Crippen MR) is 136 cm³/mol. The van der Waals surface area contributed by atoms with Crippen LogP contribution in [0.25, 0.3) is 10.4 Å². The van der Waals surface area contributed by atoms with Gasteiger partial charge in [-0.25, -0.2) is 4.79 Å². The number of benzene rings is 1. The van der Waals surface area contributed by atoms with Crippen molar-refractivity contribution in [2.45, 2.75) is 43.0 Å². The second-order valence-corrected chi connectivity index (χ2v) is 9.71. The molecule has 12 nitrogen and oxygen atoms in total. The molecular weight excluding hydrogens is 486 g/mol. The largest absolute Gasteiger partial charge is 0.377 e. The molecule has 2 aliphatic heterocycles. The van der Waals surface area contributed by atoms with E-state index in [2.05, 4.69) is 31.3 Å². The highest BCUT2D eigenvalue weighted by atomic mass is 32.2. The summed E-state index contributed by atoms with van der Waals surface area (Å²) in [5.41, 5.74) is 9.31. The van der Waals surface area contributed by atoms with Crippen LogP contribution in [0.2, 0.25) is 0 Å². The van der Waals surface area contributed by atoms with Crippen LogP contribution in [0.1, 0.15) is 36.0 Å². The average Bonchev–Trinajstić information content (AvgIpc) is 3.42. The zero-order valence-electron chi connectivity index (χ0n) is 20.1. The van der Waals surface area contributed by atoms with Crippen molar-refractivity contribution in [2.75, 3.05) is 45.3 Å². The van der Waals surface area contributed by atoms with Gasteiger partial charge in [-0.05, 0) is 30.5 Å². The second kappa shape index (κ2) is 15.2. The minimum absolute atomic E-state index is 0.0193. The normalized spacial score (nSPS) is 20.1. The molecule has 196 valence electrons. The lowest BCUT2D eigenvalue weighted by Crippen LogP contribution is -2.36. The van der Waals surface area contributed by atoms with Gasteiger partial charge in [-0.3, -0.25) is 9.59 Å². The topological polar surface area (TPSA) is 167 Å². The Morgan fingerprint density at radius 1 is 1.06 bits per heavy atom. The highest BCUT2D eigenvalue weighted by Crippen LogP contribution is 2.33. The van der Waals surface area contributed by atoms with E-state index in [-0.39, 0.29) is 29.9 Å². The van der Waals surface area contributed by atoms with Crippen molar-refractivity contribution < 1.29 is 23.9 Å². The quantitative estimate of drug-likeness (QED) is 0.0859.